The number of carbonyl (C=O) groups is 1. The predicted octanol–water partition coefficient (Wildman–Crippen LogP) is 4.88. The largest absolute Gasteiger partial charge is 0.298 e. The van der Waals surface area contributed by atoms with E-state index in [-0.39, 0.29) is 10.8 Å². The van der Waals surface area contributed by atoms with Gasteiger partial charge in [-0.1, -0.05) is 48.1 Å². The van der Waals surface area contributed by atoms with Crippen LogP contribution in [-0.2, 0) is 10.0 Å². The Balaban J connectivity index is 1.40. The van der Waals surface area contributed by atoms with Crippen molar-refractivity contribution in [2.75, 3.05) is 18.4 Å². The van der Waals surface area contributed by atoms with Crippen molar-refractivity contribution in [2.45, 2.75) is 24.2 Å². The molecule has 1 saturated heterocycles. The van der Waals surface area contributed by atoms with Crippen molar-refractivity contribution >= 4 is 53.4 Å². The fourth-order valence-corrected chi connectivity index (χ4v) is 6.39. The molecule has 1 aromatic heterocycles. The number of anilines is 1. The van der Waals surface area contributed by atoms with E-state index in [0.29, 0.717) is 29.3 Å². The predicted molar refractivity (Wildman–Crippen MR) is 124 cm³/mol. The summed E-state index contributed by atoms with van der Waals surface area (Å²) in [6, 6.07) is 18.4. The molecule has 0 spiro atoms. The molecule has 1 aliphatic rings. The molecule has 8 heteroatoms. The highest BCUT2D eigenvalue weighted by molar-refractivity contribution is 7.89. The van der Waals surface area contributed by atoms with Crippen LogP contribution < -0.4 is 5.32 Å². The van der Waals surface area contributed by atoms with Gasteiger partial charge in [0.05, 0.1) is 15.1 Å². The molecule has 31 heavy (non-hydrogen) atoms. The number of carbonyl (C=O) groups excluding carboxylic acids is 1. The number of nitrogens with zero attached hydrogens (tertiary/aromatic N) is 2. The maximum absolute atomic E-state index is 12.9. The van der Waals surface area contributed by atoms with E-state index in [1.807, 2.05) is 36.4 Å². The van der Waals surface area contributed by atoms with Gasteiger partial charge in [-0.25, -0.2) is 13.4 Å². The summed E-state index contributed by atoms with van der Waals surface area (Å²) in [6.07, 6.45) is 2.86. The van der Waals surface area contributed by atoms with Gasteiger partial charge in [0.2, 0.25) is 10.0 Å². The molecule has 0 saturated carbocycles. The molecule has 5 rings (SSSR count). The van der Waals surface area contributed by atoms with Crippen molar-refractivity contribution in [1.29, 1.82) is 0 Å². The maximum Gasteiger partial charge on any atom is 0.257 e. The first-order valence-corrected chi connectivity index (χ1v) is 12.5. The third-order valence-corrected chi connectivity index (χ3v) is 8.37. The lowest BCUT2D eigenvalue weighted by Gasteiger charge is -2.25. The van der Waals surface area contributed by atoms with E-state index in [0.717, 1.165) is 34.7 Å². The number of hydrogen-bond acceptors (Lipinski definition) is 5. The van der Waals surface area contributed by atoms with E-state index in [2.05, 4.69) is 10.3 Å². The SMILES string of the molecule is O=C(Nc1nc2ccc(S(=O)(=O)N3CCCCC3)cc2s1)c1ccc2ccccc2c1. The summed E-state index contributed by atoms with van der Waals surface area (Å²) in [5.74, 6) is -0.244. The zero-order chi connectivity index (χ0) is 21.4. The van der Waals surface area contributed by atoms with E-state index >= 15 is 0 Å². The van der Waals surface area contributed by atoms with Gasteiger partial charge in [-0.3, -0.25) is 10.1 Å². The van der Waals surface area contributed by atoms with Crippen LogP contribution in [0, 0.1) is 0 Å². The third-order valence-electron chi connectivity index (χ3n) is 5.54. The lowest BCUT2D eigenvalue weighted by atomic mass is 10.1. The number of nitrogens with one attached hydrogen (secondary N) is 1. The second-order valence-electron chi connectivity index (χ2n) is 7.63. The Morgan fingerprint density at radius 2 is 1.71 bits per heavy atom. The summed E-state index contributed by atoms with van der Waals surface area (Å²) in [7, 11) is -3.51. The van der Waals surface area contributed by atoms with Crippen LogP contribution >= 0.6 is 11.3 Å². The Morgan fingerprint density at radius 1 is 0.935 bits per heavy atom. The summed E-state index contributed by atoms with van der Waals surface area (Å²) >= 11 is 1.27. The number of aromatic nitrogens is 1. The molecule has 0 radical (unpaired) electrons. The zero-order valence-electron chi connectivity index (χ0n) is 16.7. The molecule has 0 aliphatic carbocycles. The van der Waals surface area contributed by atoms with E-state index in [9.17, 15) is 13.2 Å². The van der Waals surface area contributed by atoms with Crippen molar-refractivity contribution in [2.24, 2.45) is 0 Å². The number of fused-ring (bicyclic) bond motifs is 2. The quantitative estimate of drug-likeness (QED) is 0.480. The van der Waals surface area contributed by atoms with Crippen LogP contribution in [0.4, 0.5) is 5.13 Å². The Hall–Kier alpha value is -2.81. The topological polar surface area (TPSA) is 79.4 Å². The van der Waals surface area contributed by atoms with Crippen LogP contribution in [0.3, 0.4) is 0 Å². The monoisotopic (exact) mass is 451 g/mol. The molecule has 0 bridgehead atoms. The van der Waals surface area contributed by atoms with Gasteiger partial charge in [0, 0.05) is 18.7 Å². The van der Waals surface area contributed by atoms with Crippen LogP contribution in [0.2, 0.25) is 0 Å². The first-order valence-electron chi connectivity index (χ1n) is 10.2. The fourth-order valence-electron chi connectivity index (χ4n) is 3.87. The smallest absolute Gasteiger partial charge is 0.257 e. The van der Waals surface area contributed by atoms with Crippen molar-refractivity contribution in [1.82, 2.24) is 9.29 Å². The maximum atomic E-state index is 12.9. The highest BCUT2D eigenvalue weighted by atomic mass is 32.2. The Bertz CT molecular complexity index is 1390. The van der Waals surface area contributed by atoms with Gasteiger partial charge in [-0.05, 0) is 53.9 Å². The molecule has 6 nitrogen and oxygen atoms in total. The number of piperidine rings is 1. The number of hydrogen-bond donors (Lipinski definition) is 1. The minimum Gasteiger partial charge on any atom is -0.298 e. The number of benzene rings is 3. The third kappa shape index (κ3) is 3.94. The lowest BCUT2D eigenvalue weighted by Crippen LogP contribution is -2.35. The normalized spacial score (nSPS) is 15.4. The average molecular weight is 452 g/mol. The van der Waals surface area contributed by atoms with Crippen LogP contribution in [0.1, 0.15) is 29.6 Å². The second-order valence-corrected chi connectivity index (χ2v) is 10.6. The summed E-state index contributed by atoms with van der Waals surface area (Å²) in [5, 5.41) is 5.35. The van der Waals surface area contributed by atoms with E-state index < -0.39 is 10.0 Å². The molecule has 158 valence electrons. The lowest BCUT2D eigenvalue weighted by molar-refractivity contribution is 0.102. The Labute approximate surface area is 184 Å². The molecular weight excluding hydrogens is 430 g/mol. The summed E-state index contributed by atoms with van der Waals surface area (Å²) < 4.78 is 28.2. The number of rotatable bonds is 4. The summed E-state index contributed by atoms with van der Waals surface area (Å²) in [4.78, 5) is 17.5. The molecule has 1 fully saturated rings. The standard InChI is InChI=1S/C23H21N3O3S2/c27-22(18-9-8-16-6-2-3-7-17(16)14-18)25-23-24-20-11-10-19(15-21(20)30-23)31(28,29)26-12-4-1-5-13-26/h2-3,6-11,14-15H,1,4-5,12-13H2,(H,24,25,27). The average Bonchev–Trinajstić information content (AvgIpc) is 3.20. The van der Waals surface area contributed by atoms with Gasteiger partial charge >= 0.3 is 0 Å². The van der Waals surface area contributed by atoms with Crippen LogP contribution in [0.15, 0.2) is 65.6 Å². The van der Waals surface area contributed by atoms with E-state index in [4.69, 9.17) is 0 Å². The molecule has 1 aliphatic heterocycles. The number of amides is 1. The first-order chi connectivity index (χ1) is 15.0. The Kier molecular flexibility index (Phi) is 5.21. The van der Waals surface area contributed by atoms with Crippen LogP contribution in [-0.4, -0.2) is 36.7 Å². The van der Waals surface area contributed by atoms with Crippen molar-refractivity contribution < 1.29 is 13.2 Å². The highest BCUT2D eigenvalue weighted by Gasteiger charge is 2.26. The fraction of sp³-hybridized carbons (Fsp3) is 0.217. The minimum absolute atomic E-state index is 0.244. The van der Waals surface area contributed by atoms with Gasteiger partial charge < -0.3 is 0 Å². The second kappa shape index (κ2) is 8.03. The van der Waals surface area contributed by atoms with Gasteiger partial charge in [0.1, 0.15) is 0 Å². The van der Waals surface area contributed by atoms with Gasteiger partial charge in [0.25, 0.3) is 5.91 Å². The van der Waals surface area contributed by atoms with Gasteiger partial charge in [-0.2, -0.15) is 4.31 Å². The molecule has 1 amide bonds. The minimum atomic E-state index is -3.51. The summed E-state index contributed by atoms with van der Waals surface area (Å²) in [6.45, 7) is 1.13. The zero-order valence-corrected chi connectivity index (χ0v) is 18.4. The van der Waals surface area contributed by atoms with Crippen molar-refractivity contribution in [3.8, 4) is 0 Å². The summed E-state index contributed by atoms with van der Waals surface area (Å²) in [5.41, 5.74) is 1.21. The molecular formula is C23H21N3O3S2. The first kappa shape index (κ1) is 20.1. The molecule has 0 atom stereocenters. The number of thiazole rings is 1. The van der Waals surface area contributed by atoms with Crippen molar-refractivity contribution in [3.63, 3.8) is 0 Å². The number of sulfonamides is 1. The molecule has 1 N–H and O–H groups in total. The highest BCUT2D eigenvalue weighted by Crippen LogP contribution is 2.30. The van der Waals surface area contributed by atoms with E-state index in [1.165, 1.54) is 11.3 Å². The van der Waals surface area contributed by atoms with Crippen LogP contribution in [0.25, 0.3) is 21.0 Å². The molecule has 4 aromatic rings. The van der Waals surface area contributed by atoms with Crippen molar-refractivity contribution in [3.05, 3.63) is 66.2 Å². The van der Waals surface area contributed by atoms with Gasteiger partial charge in [-0.15, -0.1) is 0 Å². The molecule has 2 heterocycles. The molecule has 3 aromatic carbocycles. The Morgan fingerprint density at radius 3 is 2.52 bits per heavy atom. The van der Waals surface area contributed by atoms with Crippen LogP contribution in [0.5, 0.6) is 0 Å². The molecule has 0 unspecified atom stereocenters. The van der Waals surface area contributed by atoms with Gasteiger partial charge in [0.15, 0.2) is 5.13 Å². The van der Waals surface area contributed by atoms with E-state index in [1.54, 1.807) is 28.6 Å².